The molecule has 1 heterocycles. The molecule has 3 nitrogen and oxygen atoms in total. The zero-order valence-electron chi connectivity index (χ0n) is 9.36. The minimum Gasteiger partial charge on any atom is -0.334 e. The first-order valence-corrected chi connectivity index (χ1v) is 6.96. The normalized spacial score (nSPS) is 12.6. The maximum Gasteiger partial charge on any atom is 0.258 e. The number of benzene rings is 1. The van der Waals surface area contributed by atoms with Crippen LogP contribution in [0.1, 0.15) is 31.0 Å². The fourth-order valence-electron chi connectivity index (χ4n) is 1.48. The van der Waals surface area contributed by atoms with Crippen LogP contribution in [-0.2, 0) is 0 Å². The Kier molecular flexibility index (Phi) is 4.39. The van der Waals surface area contributed by atoms with Gasteiger partial charge in [-0.1, -0.05) is 24.6 Å². The van der Waals surface area contributed by atoms with E-state index in [0.29, 0.717) is 11.7 Å². The van der Waals surface area contributed by atoms with Gasteiger partial charge in [-0.3, -0.25) is 0 Å². The van der Waals surface area contributed by atoms with Gasteiger partial charge in [0.1, 0.15) is 0 Å². The lowest BCUT2D eigenvalue weighted by Gasteiger charge is -1.99. The minimum absolute atomic E-state index is 0.166. The highest BCUT2D eigenvalue weighted by Crippen LogP contribution is 2.26. The number of halogens is 2. The van der Waals surface area contributed by atoms with Crippen LogP contribution >= 0.6 is 34.2 Å². The molecule has 2 rings (SSSR count). The molecule has 0 aliphatic carbocycles. The van der Waals surface area contributed by atoms with Crippen molar-refractivity contribution in [2.24, 2.45) is 0 Å². The number of alkyl halides is 1. The van der Waals surface area contributed by atoms with Crippen molar-refractivity contribution in [3.8, 4) is 11.5 Å². The molecule has 1 aromatic carbocycles. The van der Waals surface area contributed by atoms with E-state index in [9.17, 15) is 0 Å². The van der Waals surface area contributed by atoms with Crippen LogP contribution in [0.2, 0.25) is 0 Å². The lowest BCUT2D eigenvalue weighted by Crippen LogP contribution is -1.92. The molecule has 0 fully saturated rings. The van der Waals surface area contributed by atoms with Crippen molar-refractivity contribution in [3.63, 3.8) is 0 Å². The van der Waals surface area contributed by atoms with Gasteiger partial charge >= 0.3 is 0 Å². The van der Waals surface area contributed by atoms with Crippen LogP contribution in [0.25, 0.3) is 11.5 Å². The van der Waals surface area contributed by atoms with E-state index in [1.54, 1.807) is 0 Å². The van der Waals surface area contributed by atoms with E-state index in [1.807, 2.05) is 24.3 Å². The van der Waals surface area contributed by atoms with Crippen LogP contribution in [0.15, 0.2) is 28.8 Å². The summed E-state index contributed by atoms with van der Waals surface area (Å²) in [4.78, 5) is 4.33. The summed E-state index contributed by atoms with van der Waals surface area (Å²) in [5.74, 6) is 1.10. The molecule has 0 N–H and O–H groups in total. The third-order valence-electron chi connectivity index (χ3n) is 2.34. The second kappa shape index (κ2) is 5.82. The molecule has 17 heavy (non-hydrogen) atoms. The van der Waals surface area contributed by atoms with E-state index >= 15 is 0 Å². The van der Waals surface area contributed by atoms with Gasteiger partial charge in [0.25, 0.3) is 5.89 Å². The molecule has 5 heteroatoms. The van der Waals surface area contributed by atoms with E-state index in [2.05, 4.69) is 39.7 Å². The predicted molar refractivity (Wildman–Crippen MR) is 76.0 cm³/mol. The smallest absolute Gasteiger partial charge is 0.258 e. The SMILES string of the molecule is CCCC(Cl)c1noc(-c2cccc(I)c2)n1. The number of aromatic nitrogens is 2. The van der Waals surface area contributed by atoms with E-state index in [0.717, 1.165) is 22.0 Å². The summed E-state index contributed by atoms with van der Waals surface area (Å²) in [6.07, 6.45) is 1.86. The first-order chi connectivity index (χ1) is 8.20. The average Bonchev–Trinajstić information content (AvgIpc) is 2.78. The van der Waals surface area contributed by atoms with Crippen LogP contribution in [-0.4, -0.2) is 10.1 Å². The molecule has 0 amide bonds. The summed E-state index contributed by atoms with van der Waals surface area (Å²) < 4.78 is 6.36. The van der Waals surface area contributed by atoms with Crippen LogP contribution in [0.3, 0.4) is 0 Å². The minimum atomic E-state index is -0.166. The van der Waals surface area contributed by atoms with Crippen molar-refractivity contribution >= 4 is 34.2 Å². The molecule has 0 saturated heterocycles. The van der Waals surface area contributed by atoms with E-state index in [1.165, 1.54) is 0 Å². The summed E-state index contributed by atoms with van der Waals surface area (Å²) in [7, 11) is 0. The first kappa shape index (κ1) is 12.8. The Morgan fingerprint density at radius 3 is 3.00 bits per heavy atom. The molecule has 0 aliphatic rings. The van der Waals surface area contributed by atoms with Gasteiger partial charge in [-0.25, -0.2) is 0 Å². The van der Waals surface area contributed by atoms with Gasteiger partial charge in [-0.15, -0.1) is 11.6 Å². The van der Waals surface area contributed by atoms with Crippen LogP contribution in [0.4, 0.5) is 0 Å². The molecule has 0 saturated carbocycles. The second-order valence-corrected chi connectivity index (χ2v) is 5.50. The summed E-state index contributed by atoms with van der Waals surface area (Å²) in [5.41, 5.74) is 0.927. The molecular weight excluding hydrogens is 351 g/mol. The van der Waals surface area contributed by atoms with Gasteiger partial charge in [-0.05, 0) is 47.2 Å². The van der Waals surface area contributed by atoms with Gasteiger partial charge in [0.15, 0.2) is 5.82 Å². The lowest BCUT2D eigenvalue weighted by atomic mass is 10.2. The largest absolute Gasteiger partial charge is 0.334 e. The molecule has 0 bridgehead atoms. The Hall–Kier alpha value is -0.620. The van der Waals surface area contributed by atoms with E-state index < -0.39 is 0 Å². The second-order valence-electron chi connectivity index (χ2n) is 3.72. The lowest BCUT2D eigenvalue weighted by molar-refractivity contribution is 0.420. The molecule has 0 aliphatic heterocycles. The van der Waals surface area contributed by atoms with Crippen LogP contribution in [0.5, 0.6) is 0 Å². The predicted octanol–water partition coefficient (Wildman–Crippen LogP) is 4.42. The van der Waals surface area contributed by atoms with Gasteiger partial charge < -0.3 is 4.52 Å². The Morgan fingerprint density at radius 2 is 2.29 bits per heavy atom. The van der Waals surface area contributed by atoms with Crippen molar-refractivity contribution in [1.29, 1.82) is 0 Å². The fourth-order valence-corrected chi connectivity index (χ4v) is 2.33. The van der Waals surface area contributed by atoms with Gasteiger partial charge in [0, 0.05) is 9.13 Å². The highest BCUT2D eigenvalue weighted by Gasteiger charge is 2.15. The highest BCUT2D eigenvalue weighted by atomic mass is 127. The summed E-state index contributed by atoms with van der Waals surface area (Å²) in [6, 6.07) is 7.93. The Balaban J connectivity index is 2.23. The summed E-state index contributed by atoms with van der Waals surface area (Å²) in [6.45, 7) is 2.08. The molecule has 0 spiro atoms. The zero-order valence-corrected chi connectivity index (χ0v) is 12.3. The Morgan fingerprint density at radius 1 is 1.47 bits per heavy atom. The third kappa shape index (κ3) is 3.19. The monoisotopic (exact) mass is 362 g/mol. The van der Waals surface area contributed by atoms with Crippen LogP contribution < -0.4 is 0 Å². The van der Waals surface area contributed by atoms with Gasteiger partial charge in [-0.2, -0.15) is 4.98 Å². The first-order valence-electron chi connectivity index (χ1n) is 5.44. The summed E-state index contributed by atoms with van der Waals surface area (Å²) >= 11 is 8.40. The molecule has 1 atom stereocenters. The average molecular weight is 363 g/mol. The third-order valence-corrected chi connectivity index (χ3v) is 3.42. The number of hydrogen-bond donors (Lipinski definition) is 0. The maximum atomic E-state index is 6.15. The number of hydrogen-bond acceptors (Lipinski definition) is 3. The molecule has 1 unspecified atom stereocenters. The van der Waals surface area contributed by atoms with Crippen molar-refractivity contribution < 1.29 is 4.52 Å². The molecular formula is C12H12ClIN2O. The highest BCUT2D eigenvalue weighted by molar-refractivity contribution is 14.1. The number of rotatable bonds is 4. The quantitative estimate of drug-likeness (QED) is 0.597. The molecule has 0 radical (unpaired) electrons. The van der Waals surface area contributed by atoms with Crippen molar-refractivity contribution in [2.75, 3.05) is 0 Å². The number of nitrogens with zero attached hydrogens (tertiary/aromatic N) is 2. The van der Waals surface area contributed by atoms with E-state index in [-0.39, 0.29) is 5.38 Å². The van der Waals surface area contributed by atoms with Gasteiger partial charge in [0.05, 0.1) is 5.38 Å². The van der Waals surface area contributed by atoms with Gasteiger partial charge in [0.2, 0.25) is 0 Å². The molecule has 90 valence electrons. The Labute approximate surface area is 119 Å². The molecule has 2 aromatic rings. The topological polar surface area (TPSA) is 38.9 Å². The van der Waals surface area contributed by atoms with Crippen molar-refractivity contribution in [3.05, 3.63) is 33.7 Å². The standard InChI is InChI=1S/C12H12ClIN2O/c1-2-4-10(13)11-15-12(17-16-11)8-5-3-6-9(14)7-8/h3,5-7,10H,2,4H2,1H3. The fraction of sp³-hybridized carbons (Fsp3) is 0.333. The van der Waals surface area contributed by atoms with Crippen molar-refractivity contribution in [1.82, 2.24) is 10.1 Å². The summed E-state index contributed by atoms with van der Waals surface area (Å²) in [5, 5.41) is 3.75. The zero-order chi connectivity index (χ0) is 12.3. The van der Waals surface area contributed by atoms with Crippen LogP contribution in [0, 0.1) is 3.57 Å². The Bertz CT molecular complexity index is 501. The van der Waals surface area contributed by atoms with Crippen molar-refractivity contribution in [2.45, 2.75) is 25.1 Å². The van der Waals surface area contributed by atoms with E-state index in [4.69, 9.17) is 16.1 Å². The maximum absolute atomic E-state index is 6.15. The molecule has 1 aromatic heterocycles.